The Bertz CT molecular complexity index is 360. The third kappa shape index (κ3) is 1.72. The van der Waals surface area contributed by atoms with Crippen LogP contribution >= 0.6 is 0 Å². The zero-order valence-electron chi connectivity index (χ0n) is 9.33. The molecular formula is C11H16N2. The van der Waals surface area contributed by atoms with Crippen LogP contribution in [-0.4, -0.2) is 9.97 Å². The van der Waals surface area contributed by atoms with E-state index in [0.29, 0.717) is 5.92 Å². The number of benzene rings is 1. The number of nitrogens with one attached hydrogen (secondary N) is 1. The average Bonchev–Trinajstić information content (AvgIpc) is 2.64. The highest BCUT2D eigenvalue weighted by Crippen LogP contribution is 2.15. The van der Waals surface area contributed by atoms with E-state index in [9.17, 15) is 0 Å². The zero-order valence-corrected chi connectivity index (χ0v) is 8.33. The summed E-state index contributed by atoms with van der Waals surface area (Å²) in [6.45, 7) is 4.27. The fourth-order valence-electron chi connectivity index (χ4n) is 1.25. The number of hydrogen-bond donors (Lipinski definition) is 1. The molecule has 0 radical (unpaired) electrons. The molecule has 0 bridgehead atoms. The molecule has 2 rings (SSSR count). The number of H-pyrrole nitrogens is 1. The molecule has 1 aromatic carbocycles. The van der Waals surface area contributed by atoms with Crippen LogP contribution in [-0.2, 0) is 0 Å². The van der Waals surface area contributed by atoms with Crippen molar-refractivity contribution in [3.05, 3.63) is 30.1 Å². The lowest BCUT2D eigenvalue weighted by atomic mass is 10.2. The lowest BCUT2D eigenvalue weighted by Gasteiger charge is -1.95. The summed E-state index contributed by atoms with van der Waals surface area (Å²) in [6.07, 6.45) is 0. The first kappa shape index (κ1) is 8.30. The van der Waals surface area contributed by atoms with Gasteiger partial charge in [-0.15, -0.1) is 0 Å². The minimum atomic E-state index is 0.470. The molecule has 0 fully saturated rings. The van der Waals surface area contributed by atoms with Gasteiger partial charge in [-0.25, -0.2) is 4.98 Å². The largest absolute Gasteiger partial charge is 0.342 e. The second-order valence-electron chi connectivity index (χ2n) is 3.29. The fourth-order valence-corrected chi connectivity index (χ4v) is 1.25. The highest BCUT2D eigenvalue weighted by molar-refractivity contribution is 5.74. The van der Waals surface area contributed by atoms with Crippen LogP contribution in [0.5, 0.6) is 0 Å². The first-order valence-corrected chi connectivity index (χ1v) is 4.22. The number of rotatable bonds is 1. The molecule has 1 heterocycles. The van der Waals surface area contributed by atoms with E-state index < -0.39 is 0 Å². The maximum absolute atomic E-state index is 5.75. The SMILES string of the molecule is CC(C)c1nc2ccccc2[nH]1.[3H]C. The molecule has 0 saturated carbocycles. The second-order valence-corrected chi connectivity index (χ2v) is 3.29. The zero-order chi connectivity index (χ0) is 10.6. The quantitative estimate of drug-likeness (QED) is 0.713. The van der Waals surface area contributed by atoms with Gasteiger partial charge in [0, 0.05) is 7.29 Å². The third-order valence-electron chi connectivity index (χ3n) is 1.95. The molecule has 2 nitrogen and oxygen atoms in total. The van der Waals surface area contributed by atoms with Crippen LogP contribution in [0, 0.1) is 0 Å². The smallest absolute Gasteiger partial charge is 0.109 e. The van der Waals surface area contributed by atoms with Gasteiger partial charge < -0.3 is 4.98 Å². The van der Waals surface area contributed by atoms with Gasteiger partial charge in [0.1, 0.15) is 5.82 Å². The molecule has 13 heavy (non-hydrogen) atoms. The number of aromatic nitrogens is 2. The Kier molecular flexibility index (Phi) is 2.30. The van der Waals surface area contributed by atoms with E-state index in [-0.39, 0.29) is 0 Å². The van der Waals surface area contributed by atoms with Gasteiger partial charge in [0.2, 0.25) is 0 Å². The van der Waals surface area contributed by atoms with E-state index in [1.807, 2.05) is 24.3 Å². The number of para-hydroxylation sites is 2. The maximum atomic E-state index is 5.75. The number of imidazole rings is 1. The summed E-state index contributed by atoms with van der Waals surface area (Å²) in [4.78, 5) is 7.74. The van der Waals surface area contributed by atoms with Crippen LogP contribution < -0.4 is 0 Å². The molecular weight excluding hydrogens is 160 g/mol. The average molecular weight is 178 g/mol. The minimum Gasteiger partial charge on any atom is -0.342 e. The predicted octanol–water partition coefficient (Wildman–Crippen LogP) is 3.32. The minimum absolute atomic E-state index is 0.470. The van der Waals surface area contributed by atoms with Crippen molar-refractivity contribution in [2.24, 2.45) is 0 Å². The van der Waals surface area contributed by atoms with E-state index >= 15 is 0 Å². The summed E-state index contributed by atoms with van der Waals surface area (Å²) < 4.78 is 5.75. The summed E-state index contributed by atoms with van der Waals surface area (Å²) in [5.41, 5.74) is 2.18. The molecule has 1 N–H and O–H groups in total. The fraction of sp³-hybridized carbons (Fsp3) is 0.364. The Hall–Kier alpha value is -1.31. The Morgan fingerprint density at radius 1 is 1.38 bits per heavy atom. The molecule has 0 unspecified atom stereocenters. The second kappa shape index (κ2) is 3.60. The van der Waals surface area contributed by atoms with E-state index in [1.54, 1.807) is 0 Å². The standard InChI is InChI=1S/C10H12N2.CH4/c1-7(2)10-11-8-5-3-4-6-9(8)12-10;/h3-7H,1-2H3,(H,11,12);1H4/i;1T. The molecule has 0 atom stereocenters. The van der Waals surface area contributed by atoms with Crippen LogP contribution in [0.1, 0.15) is 34.4 Å². The van der Waals surface area contributed by atoms with Crippen LogP contribution in [0.25, 0.3) is 11.0 Å². The summed E-state index contributed by atoms with van der Waals surface area (Å²) in [5.74, 6) is 1.54. The summed E-state index contributed by atoms with van der Waals surface area (Å²) in [6, 6.07) is 8.10. The maximum Gasteiger partial charge on any atom is 0.109 e. The van der Waals surface area contributed by atoms with Gasteiger partial charge in [0.05, 0.1) is 11.0 Å². The van der Waals surface area contributed by atoms with Crippen LogP contribution in [0.15, 0.2) is 24.3 Å². The highest BCUT2D eigenvalue weighted by atomic mass is 14.9. The van der Waals surface area contributed by atoms with Crippen molar-refractivity contribution in [1.29, 1.82) is 0 Å². The van der Waals surface area contributed by atoms with Crippen molar-refractivity contribution in [2.75, 3.05) is 0 Å². The molecule has 0 aliphatic rings. The van der Waals surface area contributed by atoms with E-state index in [1.165, 1.54) is 7.40 Å². The molecule has 2 heteroatoms. The monoisotopic (exact) mass is 178 g/mol. The molecule has 0 saturated heterocycles. The van der Waals surface area contributed by atoms with Crippen molar-refractivity contribution in [3.8, 4) is 0 Å². The third-order valence-corrected chi connectivity index (χ3v) is 1.95. The molecule has 0 aliphatic heterocycles. The van der Waals surface area contributed by atoms with Crippen molar-refractivity contribution in [1.82, 2.24) is 9.97 Å². The van der Waals surface area contributed by atoms with Crippen LogP contribution in [0.4, 0.5) is 0 Å². The number of hydrogen-bond acceptors (Lipinski definition) is 1. The topological polar surface area (TPSA) is 28.7 Å². The van der Waals surface area contributed by atoms with Crippen molar-refractivity contribution in [2.45, 2.75) is 27.2 Å². The van der Waals surface area contributed by atoms with Crippen LogP contribution in [0.2, 0.25) is 0 Å². The van der Waals surface area contributed by atoms with Crippen molar-refractivity contribution < 1.29 is 1.37 Å². The molecule has 2 aromatic rings. The molecule has 0 spiro atoms. The van der Waals surface area contributed by atoms with E-state index in [0.717, 1.165) is 16.9 Å². The normalized spacial score (nSPS) is 10.9. The predicted molar refractivity (Wildman–Crippen MR) is 56.9 cm³/mol. The molecule has 1 aromatic heterocycles. The van der Waals surface area contributed by atoms with Gasteiger partial charge in [-0.2, -0.15) is 0 Å². The number of aromatic amines is 1. The first-order chi connectivity index (χ1) is 6.77. The van der Waals surface area contributed by atoms with Gasteiger partial charge in [0.25, 0.3) is 0 Å². The van der Waals surface area contributed by atoms with Crippen molar-refractivity contribution >= 4 is 11.0 Å². The molecule has 0 amide bonds. The number of nitrogens with zero attached hydrogens (tertiary/aromatic N) is 1. The van der Waals surface area contributed by atoms with Gasteiger partial charge in [-0.05, 0) is 12.1 Å². The van der Waals surface area contributed by atoms with E-state index in [2.05, 4.69) is 23.8 Å². The first-order valence-electron chi connectivity index (χ1n) is 5.22. The van der Waals surface area contributed by atoms with E-state index in [4.69, 9.17) is 1.37 Å². The summed E-state index contributed by atoms with van der Waals surface area (Å²) >= 11 is 0. The molecule has 70 valence electrons. The Morgan fingerprint density at radius 3 is 2.69 bits per heavy atom. The van der Waals surface area contributed by atoms with Crippen LogP contribution in [0.3, 0.4) is 0 Å². The Balaban J connectivity index is 0.000000461. The highest BCUT2D eigenvalue weighted by Gasteiger charge is 2.04. The summed E-state index contributed by atoms with van der Waals surface area (Å²) in [7, 11) is 1.25. The Morgan fingerprint density at radius 2 is 2.08 bits per heavy atom. The van der Waals surface area contributed by atoms with Gasteiger partial charge in [-0.3, -0.25) is 0 Å². The van der Waals surface area contributed by atoms with Gasteiger partial charge in [-0.1, -0.05) is 33.4 Å². The lowest BCUT2D eigenvalue weighted by Crippen LogP contribution is -1.88. The van der Waals surface area contributed by atoms with Gasteiger partial charge in [0.15, 0.2) is 0 Å². The lowest BCUT2D eigenvalue weighted by molar-refractivity contribution is 0.799. The summed E-state index contributed by atoms with van der Waals surface area (Å²) in [5, 5.41) is 0. The van der Waals surface area contributed by atoms with Crippen molar-refractivity contribution in [3.63, 3.8) is 0 Å². The molecule has 0 aliphatic carbocycles. The van der Waals surface area contributed by atoms with Gasteiger partial charge >= 0.3 is 0 Å². The number of fused-ring (bicyclic) bond motifs is 1. The Labute approximate surface area is 80.4 Å².